The minimum Gasteiger partial charge on any atom is -0.342 e. The summed E-state index contributed by atoms with van der Waals surface area (Å²) in [6.07, 6.45) is 1.56. The van der Waals surface area contributed by atoms with Gasteiger partial charge in [0.15, 0.2) is 4.91 Å². The molecule has 0 amide bonds. The Hall–Kier alpha value is -1.80. The van der Waals surface area contributed by atoms with Crippen LogP contribution in [0.25, 0.3) is 0 Å². The lowest BCUT2D eigenvalue weighted by Crippen LogP contribution is -2.26. The standard InChI is InChI=1S/C12H10N2O2S/c13-8-12-10-5-3-7-14(10)9-4-1-2-6-11(9)17(12,15)16/h1-2,4,6H,3,5,7H2. The van der Waals surface area contributed by atoms with Crippen molar-refractivity contribution in [3.05, 3.63) is 34.9 Å². The maximum atomic E-state index is 12.3. The zero-order valence-electron chi connectivity index (χ0n) is 9.05. The van der Waals surface area contributed by atoms with E-state index in [2.05, 4.69) is 0 Å². The van der Waals surface area contributed by atoms with Crippen LogP contribution in [0.3, 0.4) is 0 Å². The molecule has 17 heavy (non-hydrogen) atoms. The van der Waals surface area contributed by atoms with Crippen molar-refractivity contribution in [3.8, 4) is 6.07 Å². The van der Waals surface area contributed by atoms with Crippen molar-refractivity contribution in [2.75, 3.05) is 11.4 Å². The molecule has 2 aliphatic heterocycles. The summed E-state index contributed by atoms with van der Waals surface area (Å²) in [7, 11) is -3.61. The van der Waals surface area contributed by atoms with Crippen LogP contribution in [0.2, 0.25) is 0 Å². The van der Waals surface area contributed by atoms with Gasteiger partial charge in [-0.25, -0.2) is 8.42 Å². The van der Waals surface area contributed by atoms with E-state index in [1.165, 1.54) is 0 Å². The van der Waals surface area contributed by atoms with Crippen molar-refractivity contribution in [1.82, 2.24) is 0 Å². The minimum absolute atomic E-state index is 0.0753. The van der Waals surface area contributed by atoms with Crippen LogP contribution in [-0.2, 0) is 9.84 Å². The number of hydrogen-bond donors (Lipinski definition) is 0. The molecule has 0 atom stereocenters. The number of rotatable bonds is 0. The lowest BCUT2D eigenvalue weighted by molar-refractivity contribution is 0.601. The summed E-state index contributed by atoms with van der Waals surface area (Å²) in [4.78, 5) is 2.13. The average molecular weight is 246 g/mol. The van der Waals surface area contributed by atoms with E-state index in [0.29, 0.717) is 17.8 Å². The Bertz CT molecular complexity index is 668. The number of fused-ring (bicyclic) bond motifs is 3. The van der Waals surface area contributed by atoms with Crippen LogP contribution in [0.1, 0.15) is 12.8 Å². The van der Waals surface area contributed by atoms with Gasteiger partial charge >= 0.3 is 0 Å². The van der Waals surface area contributed by atoms with Gasteiger partial charge in [-0.2, -0.15) is 5.26 Å². The fraction of sp³-hybridized carbons (Fsp3) is 0.250. The highest BCUT2D eigenvalue weighted by Gasteiger charge is 2.38. The molecular formula is C12H10N2O2S. The molecular weight excluding hydrogens is 236 g/mol. The van der Waals surface area contributed by atoms with Gasteiger partial charge in [0, 0.05) is 12.2 Å². The van der Waals surface area contributed by atoms with E-state index in [4.69, 9.17) is 5.26 Å². The largest absolute Gasteiger partial charge is 0.342 e. The lowest BCUT2D eigenvalue weighted by atomic mass is 10.2. The summed E-state index contributed by atoms with van der Waals surface area (Å²) in [5.41, 5.74) is 1.37. The summed E-state index contributed by atoms with van der Waals surface area (Å²) in [6.45, 7) is 0.785. The van der Waals surface area contributed by atoms with E-state index in [1.54, 1.807) is 18.2 Å². The Morgan fingerprint density at radius 3 is 2.82 bits per heavy atom. The SMILES string of the molecule is N#CC1=C2CCCN2c2ccccc2S1(=O)=O. The van der Waals surface area contributed by atoms with Gasteiger partial charge in [0.25, 0.3) is 0 Å². The molecule has 2 heterocycles. The number of benzene rings is 1. The first-order chi connectivity index (χ1) is 8.16. The summed E-state index contributed by atoms with van der Waals surface area (Å²) in [5, 5.41) is 9.09. The highest BCUT2D eigenvalue weighted by atomic mass is 32.2. The van der Waals surface area contributed by atoms with E-state index in [9.17, 15) is 8.42 Å². The zero-order valence-corrected chi connectivity index (χ0v) is 9.87. The first kappa shape index (κ1) is 10.4. The van der Waals surface area contributed by atoms with Gasteiger partial charge in [0.1, 0.15) is 6.07 Å². The minimum atomic E-state index is -3.61. The van der Waals surface area contributed by atoms with Crippen LogP contribution in [0.5, 0.6) is 0 Å². The van der Waals surface area contributed by atoms with Crippen LogP contribution in [0, 0.1) is 11.3 Å². The molecule has 0 saturated carbocycles. The predicted octanol–water partition coefficient (Wildman–Crippen LogP) is 1.81. The molecule has 5 heteroatoms. The highest BCUT2D eigenvalue weighted by molar-refractivity contribution is 7.95. The van der Waals surface area contributed by atoms with Gasteiger partial charge in [-0.1, -0.05) is 12.1 Å². The van der Waals surface area contributed by atoms with E-state index in [1.807, 2.05) is 17.0 Å². The molecule has 0 bridgehead atoms. The molecule has 1 aromatic carbocycles. The van der Waals surface area contributed by atoms with Gasteiger partial charge in [0.05, 0.1) is 10.6 Å². The second-order valence-corrected chi connectivity index (χ2v) is 5.97. The number of hydrogen-bond acceptors (Lipinski definition) is 4. The first-order valence-corrected chi connectivity index (χ1v) is 6.89. The van der Waals surface area contributed by atoms with Gasteiger partial charge < -0.3 is 4.90 Å². The Balaban J connectivity index is 2.39. The molecule has 86 valence electrons. The number of para-hydroxylation sites is 1. The fourth-order valence-electron chi connectivity index (χ4n) is 2.47. The van der Waals surface area contributed by atoms with Gasteiger partial charge in [-0.3, -0.25) is 0 Å². The lowest BCUT2D eigenvalue weighted by Gasteiger charge is -2.28. The topological polar surface area (TPSA) is 61.2 Å². The van der Waals surface area contributed by atoms with Crippen molar-refractivity contribution in [2.45, 2.75) is 17.7 Å². The number of nitrogens with zero attached hydrogens (tertiary/aromatic N) is 2. The van der Waals surface area contributed by atoms with Crippen molar-refractivity contribution in [1.29, 1.82) is 5.26 Å². The highest BCUT2D eigenvalue weighted by Crippen LogP contribution is 2.42. The molecule has 0 spiro atoms. The van der Waals surface area contributed by atoms with E-state index >= 15 is 0 Å². The van der Waals surface area contributed by atoms with Crippen molar-refractivity contribution in [2.24, 2.45) is 0 Å². The van der Waals surface area contributed by atoms with Gasteiger partial charge in [-0.15, -0.1) is 0 Å². The van der Waals surface area contributed by atoms with E-state index in [-0.39, 0.29) is 9.80 Å². The van der Waals surface area contributed by atoms with Crippen LogP contribution < -0.4 is 4.90 Å². The molecule has 3 rings (SSSR count). The summed E-state index contributed by atoms with van der Waals surface area (Å²) in [6, 6.07) is 8.73. The Labute approximate surface area is 99.7 Å². The summed E-state index contributed by atoms with van der Waals surface area (Å²) < 4.78 is 24.5. The molecule has 1 fully saturated rings. The maximum Gasteiger partial charge on any atom is 0.220 e. The smallest absolute Gasteiger partial charge is 0.220 e. The molecule has 2 aliphatic rings. The molecule has 1 aromatic rings. The summed E-state index contributed by atoms with van der Waals surface area (Å²) >= 11 is 0. The molecule has 0 aliphatic carbocycles. The monoisotopic (exact) mass is 246 g/mol. The zero-order chi connectivity index (χ0) is 12.0. The Kier molecular flexibility index (Phi) is 2.04. The number of allylic oxidation sites excluding steroid dienone is 2. The van der Waals surface area contributed by atoms with Crippen molar-refractivity contribution in [3.63, 3.8) is 0 Å². The third-order valence-electron chi connectivity index (χ3n) is 3.20. The van der Waals surface area contributed by atoms with E-state index in [0.717, 1.165) is 13.0 Å². The molecule has 0 radical (unpaired) electrons. The number of sulfone groups is 1. The van der Waals surface area contributed by atoms with Gasteiger partial charge in [0.2, 0.25) is 9.84 Å². The van der Waals surface area contributed by atoms with Crippen molar-refractivity contribution < 1.29 is 8.42 Å². The first-order valence-electron chi connectivity index (χ1n) is 5.41. The van der Waals surface area contributed by atoms with Gasteiger partial charge in [-0.05, 0) is 25.0 Å². The molecule has 0 N–H and O–H groups in total. The normalized spacial score (nSPS) is 20.8. The molecule has 0 unspecified atom stereocenters. The van der Waals surface area contributed by atoms with Crippen LogP contribution in [0.15, 0.2) is 39.8 Å². The molecule has 0 aromatic heterocycles. The van der Waals surface area contributed by atoms with E-state index < -0.39 is 9.84 Å². The van der Waals surface area contributed by atoms with Crippen LogP contribution in [0.4, 0.5) is 5.69 Å². The number of anilines is 1. The third-order valence-corrected chi connectivity index (χ3v) is 4.99. The second kappa shape index (κ2) is 3.34. The van der Waals surface area contributed by atoms with Crippen LogP contribution >= 0.6 is 0 Å². The molecule has 1 saturated heterocycles. The average Bonchev–Trinajstić information content (AvgIpc) is 2.78. The second-order valence-electron chi connectivity index (χ2n) is 4.11. The Morgan fingerprint density at radius 2 is 2.06 bits per heavy atom. The Morgan fingerprint density at radius 1 is 1.29 bits per heavy atom. The third kappa shape index (κ3) is 1.25. The fourth-order valence-corrected chi connectivity index (χ4v) is 4.05. The summed E-state index contributed by atoms with van der Waals surface area (Å²) in [5.74, 6) is 0. The maximum absolute atomic E-state index is 12.3. The quantitative estimate of drug-likeness (QED) is 0.700. The van der Waals surface area contributed by atoms with Crippen molar-refractivity contribution >= 4 is 15.5 Å². The van der Waals surface area contributed by atoms with Crippen LogP contribution in [-0.4, -0.2) is 15.0 Å². The molecule has 4 nitrogen and oxygen atoms in total. The predicted molar refractivity (Wildman–Crippen MR) is 62.8 cm³/mol. The number of nitriles is 1.